The minimum absolute atomic E-state index is 0.00905. The first-order valence-corrected chi connectivity index (χ1v) is 9.65. The quantitative estimate of drug-likeness (QED) is 0.649. The highest BCUT2D eigenvalue weighted by atomic mass is 127. The van der Waals surface area contributed by atoms with E-state index in [1.54, 1.807) is 6.07 Å². The molecule has 0 fully saturated rings. The molecule has 2 rings (SSSR count). The van der Waals surface area contributed by atoms with Crippen molar-refractivity contribution in [3.63, 3.8) is 0 Å². The molecule has 5 nitrogen and oxygen atoms in total. The molecule has 2 N–H and O–H groups in total. The normalized spacial score (nSPS) is 11.3. The van der Waals surface area contributed by atoms with Crippen molar-refractivity contribution in [3.05, 3.63) is 57.4 Å². The number of hydrogen-bond donors (Lipinski definition) is 2. The van der Waals surface area contributed by atoms with Crippen molar-refractivity contribution in [3.8, 4) is 0 Å². The van der Waals surface area contributed by atoms with Gasteiger partial charge < -0.3 is 5.32 Å². The summed E-state index contributed by atoms with van der Waals surface area (Å²) in [6.45, 7) is 1.92. The van der Waals surface area contributed by atoms with Gasteiger partial charge in [-0.15, -0.1) is 0 Å². The number of aryl methyl sites for hydroxylation is 1. The third-order valence-corrected chi connectivity index (χ3v) is 5.86. The van der Waals surface area contributed by atoms with Crippen molar-refractivity contribution >= 4 is 44.2 Å². The molecule has 8 heteroatoms. The number of amides is 1. The van der Waals surface area contributed by atoms with Crippen molar-refractivity contribution in [1.29, 1.82) is 0 Å². The Labute approximate surface area is 153 Å². The van der Waals surface area contributed by atoms with E-state index in [9.17, 15) is 17.6 Å². The van der Waals surface area contributed by atoms with Gasteiger partial charge >= 0.3 is 0 Å². The SMILES string of the molecule is Cc1ccc(NC(=O)CCNS(=O)(=O)c2ccc(F)cc2)cc1I. The molecular weight excluding hydrogens is 446 g/mol. The van der Waals surface area contributed by atoms with E-state index in [1.165, 1.54) is 12.1 Å². The van der Waals surface area contributed by atoms with Crippen molar-refractivity contribution in [2.24, 2.45) is 0 Å². The van der Waals surface area contributed by atoms with Crippen LogP contribution in [0.1, 0.15) is 12.0 Å². The van der Waals surface area contributed by atoms with Gasteiger partial charge in [-0.05, 0) is 71.5 Å². The highest BCUT2D eigenvalue weighted by molar-refractivity contribution is 14.1. The summed E-state index contributed by atoms with van der Waals surface area (Å²) >= 11 is 2.18. The summed E-state index contributed by atoms with van der Waals surface area (Å²) in [6, 6.07) is 10.0. The first kappa shape index (κ1) is 18.8. The van der Waals surface area contributed by atoms with Gasteiger partial charge in [0.05, 0.1) is 4.90 Å². The Morgan fingerprint density at radius 2 is 1.83 bits per heavy atom. The predicted octanol–water partition coefficient (Wildman–Crippen LogP) is 3.05. The second kappa shape index (κ2) is 8.04. The van der Waals surface area contributed by atoms with Gasteiger partial charge in [-0.1, -0.05) is 6.07 Å². The molecule has 1 amide bonds. The summed E-state index contributed by atoms with van der Waals surface area (Å²) in [5.74, 6) is -0.808. The van der Waals surface area contributed by atoms with Crippen LogP contribution in [0.3, 0.4) is 0 Å². The number of nitrogens with one attached hydrogen (secondary N) is 2. The molecule has 0 aliphatic carbocycles. The molecule has 0 heterocycles. The fourth-order valence-electron chi connectivity index (χ4n) is 1.89. The number of rotatable bonds is 6. The lowest BCUT2D eigenvalue weighted by molar-refractivity contribution is -0.116. The molecule has 2 aromatic rings. The monoisotopic (exact) mass is 462 g/mol. The van der Waals surface area contributed by atoms with E-state index >= 15 is 0 Å². The average molecular weight is 462 g/mol. The minimum Gasteiger partial charge on any atom is -0.326 e. The molecule has 0 spiro atoms. The number of anilines is 1. The smallest absolute Gasteiger partial charge is 0.240 e. The standard InChI is InChI=1S/C16H16FIN2O3S/c1-11-2-5-13(10-15(11)18)20-16(21)8-9-19-24(22,23)14-6-3-12(17)4-7-14/h2-7,10,19H,8-9H2,1H3,(H,20,21). The fourth-order valence-corrected chi connectivity index (χ4v) is 3.44. The summed E-state index contributed by atoms with van der Waals surface area (Å²) in [5.41, 5.74) is 1.78. The van der Waals surface area contributed by atoms with Crippen LogP contribution in [0.4, 0.5) is 10.1 Å². The summed E-state index contributed by atoms with van der Waals surface area (Å²) in [7, 11) is -3.76. The summed E-state index contributed by atoms with van der Waals surface area (Å²) in [4.78, 5) is 11.8. The molecule has 0 saturated carbocycles. The van der Waals surface area contributed by atoms with Crippen molar-refractivity contribution < 1.29 is 17.6 Å². The topological polar surface area (TPSA) is 75.3 Å². The lowest BCUT2D eigenvalue weighted by atomic mass is 10.2. The highest BCUT2D eigenvalue weighted by Gasteiger charge is 2.14. The third-order valence-electron chi connectivity index (χ3n) is 3.22. The van der Waals surface area contributed by atoms with Crippen LogP contribution in [0.5, 0.6) is 0 Å². The molecule has 0 aromatic heterocycles. The summed E-state index contributed by atoms with van der Waals surface area (Å²) in [5, 5.41) is 2.72. The van der Waals surface area contributed by atoms with Crippen LogP contribution in [0.15, 0.2) is 47.4 Å². The van der Waals surface area contributed by atoms with Crippen LogP contribution in [-0.2, 0) is 14.8 Å². The van der Waals surface area contributed by atoms with E-state index in [1.807, 2.05) is 19.1 Å². The zero-order chi connectivity index (χ0) is 17.7. The predicted molar refractivity (Wildman–Crippen MR) is 98.7 cm³/mol. The Kier molecular flexibility index (Phi) is 6.30. The zero-order valence-corrected chi connectivity index (χ0v) is 15.8. The van der Waals surface area contributed by atoms with Gasteiger partial charge in [0, 0.05) is 22.2 Å². The summed E-state index contributed by atoms with van der Waals surface area (Å²) < 4.78 is 40.2. The van der Waals surface area contributed by atoms with Crippen molar-refractivity contribution in [2.45, 2.75) is 18.2 Å². The average Bonchev–Trinajstić information content (AvgIpc) is 2.51. The van der Waals surface area contributed by atoms with Crippen LogP contribution in [-0.4, -0.2) is 20.9 Å². The number of benzene rings is 2. The Bertz CT molecular complexity index is 839. The molecule has 2 aromatic carbocycles. The van der Waals surface area contributed by atoms with E-state index in [2.05, 4.69) is 32.6 Å². The first-order chi connectivity index (χ1) is 11.3. The van der Waals surface area contributed by atoms with Gasteiger partial charge in [-0.3, -0.25) is 4.79 Å². The Morgan fingerprint density at radius 1 is 1.17 bits per heavy atom. The largest absolute Gasteiger partial charge is 0.326 e. The molecule has 24 heavy (non-hydrogen) atoms. The van der Waals surface area contributed by atoms with Gasteiger partial charge in [-0.2, -0.15) is 0 Å². The van der Waals surface area contributed by atoms with Crippen LogP contribution in [0.2, 0.25) is 0 Å². The van der Waals surface area contributed by atoms with E-state index < -0.39 is 15.8 Å². The number of sulfonamides is 1. The second-order valence-corrected chi connectivity index (χ2v) is 8.04. The molecule has 0 atom stereocenters. The second-order valence-electron chi connectivity index (χ2n) is 5.11. The molecular formula is C16H16FIN2O3S. The minimum atomic E-state index is -3.76. The molecule has 0 unspecified atom stereocenters. The van der Waals surface area contributed by atoms with Gasteiger partial charge in [0.2, 0.25) is 15.9 Å². The van der Waals surface area contributed by atoms with Gasteiger partial charge in [0.1, 0.15) is 5.82 Å². The first-order valence-electron chi connectivity index (χ1n) is 7.09. The van der Waals surface area contributed by atoms with Crippen LogP contribution in [0.25, 0.3) is 0 Å². The lowest BCUT2D eigenvalue weighted by Gasteiger charge is -2.08. The maximum absolute atomic E-state index is 12.8. The zero-order valence-electron chi connectivity index (χ0n) is 12.8. The van der Waals surface area contributed by atoms with E-state index in [4.69, 9.17) is 0 Å². The van der Waals surface area contributed by atoms with Gasteiger partial charge in [0.25, 0.3) is 0 Å². The lowest BCUT2D eigenvalue weighted by Crippen LogP contribution is -2.27. The van der Waals surface area contributed by atoms with Crippen LogP contribution in [0, 0.1) is 16.3 Å². The van der Waals surface area contributed by atoms with Crippen LogP contribution < -0.4 is 10.0 Å². The van der Waals surface area contributed by atoms with Gasteiger partial charge in [0.15, 0.2) is 0 Å². The molecule has 0 aliphatic rings. The number of carbonyl (C=O) groups excluding carboxylic acids is 1. The number of carbonyl (C=O) groups is 1. The Morgan fingerprint density at radius 3 is 2.46 bits per heavy atom. The van der Waals surface area contributed by atoms with E-state index in [-0.39, 0.29) is 23.8 Å². The van der Waals surface area contributed by atoms with Crippen molar-refractivity contribution in [1.82, 2.24) is 4.72 Å². The maximum Gasteiger partial charge on any atom is 0.240 e. The van der Waals surface area contributed by atoms with Gasteiger partial charge in [-0.25, -0.2) is 17.5 Å². The molecule has 128 valence electrons. The Balaban J connectivity index is 1.87. The van der Waals surface area contributed by atoms with E-state index in [0.29, 0.717) is 5.69 Å². The Hall–Kier alpha value is -1.52. The van der Waals surface area contributed by atoms with Crippen LogP contribution >= 0.6 is 22.6 Å². The third kappa shape index (κ3) is 5.25. The highest BCUT2D eigenvalue weighted by Crippen LogP contribution is 2.17. The summed E-state index contributed by atoms with van der Waals surface area (Å²) in [6.07, 6.45) is -0.00905. The van der Waals surface area contributed by atoms with Crippen molar-refractivity contribution in [2.75, 3.05) is 11.9 Å². The molecule has 0 aliphatic heterocycles. The molecule has 0 radical (unpaired) electrons. The number of halogens is 2. The molecule has 0 saturated heterocycles. The fraction of sp³-hybridized carbons (Fsp3) is 0.188. The number of hydrogen-bond acceptors (Lipinski definition) is 3. The molecule has 0 bridgehead atoms. The maximum atomic E-state index is 12.8. The van der Waals surface area contributed by atoms with E-state index in [0.717, 1.165) is 21.3 Å².